The van der Waals surface area contributed by atoms with E-state index in [0.717, 1.165) is 9.17 Å². The molecule has 0 fully saturated rings. The van der Waals surface area contributed by atoms with Gasteiger partial charge in [0.05, 0.1) is 0 Å². The molecule has 7 heteroatoms. The Labute approximate surface area is 128 Å². The fourth-order valence-electron chi connectivity index (χ4n) is 2.27. The molecular weight excluding hydrogens is 409 g/mol. The van der Waals surface area contributed by atoms with Crippen LogP contribution in [0.4, 0.5) is 5.69 Å². The third kappa shape index (κ3) is 2.85. The van der Waals surface area contributed by atoms with E-state index >= 15 is 0 Å². The fraction of sp³-hybridized carbons (Fsp3) is 0.0714. The molecule has 1 atom stereocenters. The summed E-state index contributed by atoms with van der Waals surface area (Å²) in [4.78, 5) is 6.25. The predicted octanol–water partition coefficient (Wildman–Crippen LogP) is -0.944. The minimum atomic E-state index is -4.50. The number of benzene rings is 2. The number of hydrogen-bond donors (Lipinski definition) is 0. The quantitative estimate of drug-likeness (QED) is 0.598. The molecular formula is C14H12ClNO4Te. The van der Waals surface area contributed by atoms with Crippen LogP contribution in [-0.4, -0.2) is 22.4 Å². The summed E-state index contributed by atoms with van der Waals surface area (Å²) in [5, 5.41) is 0. The molecule has 110 valence electrons. The second-order valence-corrected chi connectivity index (χ2v) is 13.7. The summed E-state index contributed by atoms with van der Waals surface area (Å²) in [5.41, 5.74) is 1.47. The zero-order valence-electron chi connectivity index (χ0n) is 11.1. The van der Waals surface area contributed by atoms with E-state index in [1.54, 1.807) is 23.2 Å². The molecule has 0 bridgehead atoms. The van der Waals surface area contributed by atoms with E-state index in [2.05, 4.69) is 4.99 Å². The Morgan fingerprint density at radius 3 is 2.24 bits per heavy atom. The maximum atomic E-state index is 11.2. The van der Waals surface area contributed by atoms with Gasteiger partial charge in [-0.15, -0.1) is 0 Å². The molecule has 0 saturated heterocycles. The van der Waals surface area contributed by atoms with Gasteiger partial charge >= 0.3 is 129 Å². The number of para-hydroxylation sites is 1. The normalized spacial score (nSPS) is 24.1. The Bertz CT molecular complexity index is 702. The molecule has 1 aliphatic rings. The molecule has 0 spiro atoms. The van der Waals surface area contributed by atoms with Crippen LogP contribution in [0.15, 0.2) is 59.6 Å². The van der Waals surface area contributed by atoms with Crippen LogP contribution < -0.4 is 17.6 Å². The van der Waals surface area contributed by atoms with Crippen LogP contribution in [0.1, 0.15) is 5.56 Å². The molecule has 5 nitrogen and oxygen atoms in total. The molecule has 0 radical (unpaired) electrons. The SMILES string of the molecule is C[Te]1(O[Cl+3]([O-])([O-])[O-])C(c2ccccc2)=Nc2ccccc21. The molecule has 1 heterocycles. The molecule has 2 aromatic carbocycles. The Balaban J connectivity index is 2.15. The molecule has 1 unspecified atom stereocenters. The van der Waals surface area contributed by atoms with Gasteiger partial charge in [-0.1, -0.05) is 0 Å². The van der Waals surface area contributed by atoms with Crippen LogP contribution >= 0.6 is 0 Å². The summed E-state index contributed by atoms with van der Waals surface area (Å²) >= 11 is -3.82. The minimum absolute atomic E-state index is 0.589. The predicted molar refractivity (Wildman–Crippen MR) is 71.4 cm³/mol. The second kappa shape index (κ2) is 5.34. The zero-order valence-corrected chi connectivity index (χ0v) is 14.1. The first-order chi connectivity index (χ1) is 9.90. The van der Waals surface area contributed by atoms with Gasteiger partial charge in [0, 0.05) is 0 Å². The molecule has 1 aliphatic heterocycles. The van der Waals surface area contributed by atoms with Crippen LogP contribution in [-0.2, 0) is 2.65 Å². The van der Waals surface area contributed by atoms with Gasteiger partial charge in [-0.3, -0.25) is 0 Å². The number of aliphatic imine (C=N–C) groups is 1. The van der Waals surface area contributed by atoms with E-state index in [-0.39, 0.29) is 0 Å². The summed E-state index contributed by atoms with van der Waals surface area (Å²) < 4.78 is 39.9. The van der Waals surface area contributed by atoms with E-state index in [1.807, 2.05) is 36.4 Å². The number of fused-ring (bicyclic) bond motifs is 1. The third-order valence-electron chi connectivity index (χ3n) is 3.10. The van der Waals surface area contributed by atoms with Crippen molar-refractivity contribution in [3.05, 3.63) is 60.2 Å². The van der Waals surface area contributed by atoms with Crippen molar-refractivity contribution in [2.75, 3.05) is 0 Å². The average molecular weight is 421 g/mol. The molecule has 0 amide bonds. The van der Waals surface area contributed by atoms with Crippen molar-refractivity contribution in [2.24, 2.45) is 4.99 Å². The number of rotatable bonds is 3. The summed E-state index contributed by atoms with van der Waals surface area (Å²) in [7, 11) is -4.50. The first-order valence-corrected chi connectivity index (χ1v) is 12.9. The van der Waals surface area contributed by atoms with Gasteiger partial charge in [0.2, 0.25) is 0 Å². The maximum absolute atomic E-state index is 11.2. The standard InChI is InChI=1S/C14H12ClNO4Te/c1-21(20-15(17,18)19)13-10-6-5-9-12(13)16-14(21)11-7-3-2-4-8-11/h2-10H,1H3. The summed E-state index contributed by atoms with van der Waals surface area (Å²) in [5.74, 6) is 0. The van der Waals surface area contributed by atoms with Gasteiger partial charge in [0.25, 0.3) is 0 Å². The third-order valence-corrected chi connectivity index (χ3v) is 13.4. The van der Waals surface area contributed by atoms with Crippen LogP contribution in [0.3, 0.4) is 0 Å². The van der Waals surface area contributed by atoms with Gasteiger partial charge in [-0.05, 0) is 0 Å². The van der Waals surface area contributed by atoms with Gasteiger partial charge in [-0.2, -0.15) is 0 Å². The Morgan fingerprint density at radius 2 is 1.57 bits per heavy atom. The van der Waals surface area contributed by atoms with Gasteiger partial charge in [0.15, 0.2) is 0 Å². The first-order valence-electron chi connectivity index (χ1n) is 6.04. The summed E-state index contributed by atoms with van der Waals surface area (Å²) in [6, 6.07) is 16.4. The second-order valence-electron chi connectivity index (χ2n) is 4.54. The number of halogens is 1. The van der Waals surface area contributed by atoms with Gasteiger partial charge in [-0.25, -0.2) is 0 Å². The monoisotopic (exact) mass is 423 g/mol. The first kappa shape index (κ1) is 14.9. The molecule has 21 heavy (non-hydrogen) atoms. The Kier molecular flexibility index (Phi) is 3.80. The van der Waals surface area contributed by atoms with E-state index < -0.39 is 28.8 Å². The van der Waals surface area contributed by atoms with E-state index in [1.165, 1.54) is 0 Å². The molecule has 2 aromatic rings. The van der Waals surface area contributed by atoms with Crippen molar-refractivity contribution in [1.29, 1.82) is 0 Å². The number of nitrogens with zero attached hydrogens (tertiary/aromatic N) is 1. The Hall–Kier alpha value is -0.970. The topological polar surface area (TPSA) is 90.8 Å². The van der Waals surface area contributed by atoms with Gasteiger partial charge in [0.1, 0.15) is 0 Å². The molecule has 0 saturated carbocycles. The van der Waals surface area contributed by atoms with Crippen LogP contribution in [0.5, 0.6) is 0 Å². The molecule has 0 aliphatic carbocycles. The van der Waals surface area contributed by atoms with Crippen LogP contribution in [0.25, 0.3) is 0 Å². The molecule has 0 aromatic heterocycles. The van der Waals surface area contributed by atoms with Crippen molar-refractivity contribution in [3.8, 4) is 0 Å². The van der Waals surface area contributed by atoms with Crippen molar-refractivity contribution < 1.29 is 26.9 Å². The van der Waals surface area contributed by atoms with E-state index in [9.17, 15) is 14.0 Å². The van der Waals surface area contributed by atoms with Crippen molar-refractivity contribution in [1.82, 2.24) is 0 Å². The van der Waals surface area contributed by atoms with Crippen LogP contribution in [0, 0.1) is 10.2 Å². The number of hydrogen-bond acceptors (Lipinski definition) is 5. The summed E-state index contributed by atoms with van der Waals surface area (Å²) in [6.45, 7) is 0. The van der Waals surface area contributed by atoms with E-state index in [4.69, 9.17) is 2.65 Å². The fourth-order valence-corrected chi connectivity index (χ4v) is 11.9. The van der Waals surface area contributed by atoms with Crippen molar-refractivity contribution in [2.45, 2.75) is 4.97 Å². The Morgan fingerprint density at radius 1 is 0.952 bits per heavy atom. The molecule has 0 N–H and O–H groups in total. The molecule has 3 rings (SSSR count). The summed E-state index contributed by atoms with van der Waals surface area (Å²) in [6.07, 6.45) is 0. The van der Waals surface area contributed by atoms with Gasteiger partial charge < -0.3 is 0 Å². The average Bonchev–Trinajstić information content (AvgIpc) is 2.71. The zero-order chi connectivity index (χ0) is 15.1. The van der Waals surface area contributed by atoms with Crippen LogP contribution in [0.2, 0.25) is 4.97 Å². The van der Waals surface area contributed by atoms with Crippen molar-refractivity contribution >= 4 is 31.6 Å². The van der Waals surface area contributed by atoms with E-state index in [0.29, 0.717) is 9.45 Å². The van der Waals surface area contributed by atoms with Crippen molar-refractivity contribution in [3.63, 3.8) is 0 Å².